The molecule has 3 nitrogen and oxygen atoms in total. The molecule has 0 unspecified atom stereocenters. The molecule has 2 aromatic carbocycles. The highest BCUT2D eigenvalue weighted by Crippen LogP contribution is 2.24. The fourth-order valence-electron chi connectivity index (χ4n) is 1.92. The molecule has 0 bridgehead atoms. The fourth-order valence-corrected chi connectivity index (χ4v) is 1.92. The summed E-state index contributed by atoms with van der Waals surface area (Å²) in [6, 6.07) is 12.5. The number of rotatable bonds is 6. The molecular formula is C16H18FNO2. The highest BCUT2D eigenvalue weighted by atomic mass is 19.1. The summed E-state index contributed by atoms with van der Waals surface area (Å²) in [5, 5.41) is 3.00. The highest BCUT2D eigenvalue weighted by Gasteiger charge is 2.09. The number of hydrogen-bond donors (Lipinski definition) is 1. The lowest BCUT2D eigenvalue weighted by molar-refractivity contribution is 0.286. The van der Waals surface area contributed by atoms with Crippen molar-refractivity contribution in [3.05, 3.63) is 59.4 Å². The second-order valence-corrected chi connectivity index (χ2v) is 4.40. The van der Waals surface area contributed by atoms with E-state index in [9.17, 15) is 4.39 Å². The largest absolute Gasteiger partial charge is 0.497 e. The van der Waals surface area contributed by atoms with Crippen LogP contribution in [0.15, 0.2) is 42.5 Å². The minimum Gasteiger partial charge on any atom is -0.497 e. The van der Waals surface area contributed by atoms with Gasteiger partial charge in [0.05, 0.1) is 7.11 Å². The fraction of sp³-hybridized carbons (Fsp3) is 0.250. The van der Waals surface area contributed by atoms with Crippen molar-refractivity contribution in [1.82, 2.24) is 5.32 Å². The first kappa shape index (κ1) is 14.3. The smallest absolute Gasteiger partial charge is 0.165 e. The van der Waals surface area contributed by atoms with Gasteiger partial charge in [-0.1, -0.05) is 24.3 Å². The first-order valence-electron chi connectivity index (χ1n) is 6.42. The van der Waals surface area contributed by atoms with Gasteiger partial charge >= 0.3 is 0 Å². The van der Waals surface area contributed by atoms with Crippen molar-refractivity contribution in [3.8, 4) is 11.5 Å². The van der Waals surface area contributed by atoms with Gasteiger partial charge in [0.25, 0.3) is 0 Å². The number of halogens is 1. The molecule has 0 spiro atoms. The lowest BCUT2D eigenvalue weighted by Crippen LogP contribution is -2.08. The average molecular weight is 275 g/mol. The number of para-hydroxylation sites is 1. The molecular weight excluding hydrogens is 257 g/mol. The Bertz CT molecular complexity index is 555. The standard InChI is InChI=1S/C16H18FNO2/c1-18-10-13-4-3-5-15(17)16(13)20-11-12-6-8-14(19-2)9-7-12/h3-9,18H,10-11H2,1-2H3. The number of methoxy groups -OCH3 is 1. The first-order chi connectivity index (χ1) is 9.74. The van der Waals surface area contributed by atoms with Crippen molar-refractivity contribution in [3.63, 3.8) is 0 Å². The molecule has 0 aliphatic rings. The van der Waals surface area contributed by atoms with Gasteiger partial charge in [-0.05, 0) is 30.8 Å². The van der Waals surface area contributed by atoms with Crippen LogP contribution in [0, 0.1) is 5.82 Å². The van der Waals surface area contributed by atoms with Crippen LogP contribution in [0.3, 0.4) is 0 Å². The van der Waals surface area contributed by atoms with Crippen LogP contribution in [-0.2, 0) is 13.2 Å². The number of ether oxygens (including phenoxy) is 2. The third-order valence-corrected chi connectivity index (χ3v) is 2.96. The Labute approximate surface area is 118 Å². The van der Waals surface area contributed by atoms with Crippen LogP contribution in [0.5, 0.6) is 11.5 Å². The van der Waals surface area contributed by atoms with Gasteiger partial charge in [0.1, 0.15) is 12.4 Å². The van der Waals surface area contributed by atoms with Gasteiger partial charge in [-0.2, -0.15) is 0 Å². The molecule has 2 aromatic rings. The number of nitrogens with one attached hydrogen (secondary N) is 1. The van der Waals surface area contributed by atoms with Crippen LogP contribution in [0.2, 0.25) is 0 Å². The molecule has 4 heteroatoms. The van der Waals surface area contributed by atoms with Gasteiger partial charge in [0.2, 0.25) is 0 Å². The zero-order valence-corrected chi connectivity index (χ0v) is 11.7. The maximum Gasteiger partial charge on any atom is 0.165 e. The van der Waals surface area contributed by atoms with Gasteiger partial charge in [-0.25, -0.2) is 4.39 Å². The van der Waals surface area contributed by atoms with Crippen LogP contribution in [0.1, 0.15) is 11.1 Å². The summed E-state index contributed by atoms with van der Waals surface area (Å²) in [5.41, 5.74) is 1.77. The van der Waals surface area contributed by atoms with Crippen molar-refractivity contribution < 1.29 is 13.9 Å². The van der Waals surface area contributed by atoms with E-state index in [1.54, 1.807) is 13.2 Å². The Morgan fingerprint density at radius 3 is 2.50 bits per heavy atom. The lowest BCUT2D eigenvalue weighted by Gasteiger charge is -2.12. The molecule has 0 aliphatic heterocycles. The van der Waals surface area contributed by atoms with Crippen molar-refractivity contribution in [2.24, 2.45) is 0 Å². The van der Waals surface area contributed by atoms with Crippen molar-refractivity contribution in [2.75, 3.05) is 14.2 Å². The monoisotopic (exact) mass is 275 g/mol. The van der Waals surface area contributed by atoms with E-state index in [0.717, 1.165) is 16.9 Å². The van der Waals surface area contributed by atoms with Gasteiger partial charge in [-0.3, -0.25) is 0 Å². The summed E-state index contributed by atoms with van der Waals surface area (Å²) >= 11 is 0. The normalized spacial score (nSPS) is 10.3. The summed E-state index contributed by atoms with van der Waals surface area (Å²) in [5.74, 6) is 0.749. The molecule has 0 amide bonds. The van der Waals surface area contributed by atoms with Gasteiger partial charge in [0.15, 0.2) is 11.6 Å². The SMILES string of the molecule is CNCc1cccc(F)c1OCc1ccc(OC)cc1. The minimum atomic E-state index is -0.341. The zero-order valence-electron chi connectivity index (χ0n) is 11.7. The Morgan fingerprint density at radius 2 is 1.85 bits per heavy atom. The molecule has 106 valence electrons. The average Bonchev–Trinajstić information content (AvgIpc) is 2.47. The molecule has 0 aliphatic carbocycles. The van der Waals surface area contributed by atoms with Crippen molar-refractivity contribution >= 4 is 0 Å². The summed E-state index contributed by atoms with van der Waals surface area (Å²) < 4.78 is 24.5. The lowest BCUT2D eigenvalue weighted by atomic mass is 10.2. The van der Waals surface area contributed by atoms with Crippen LogP contribution < -0.4 is 14.8 Å². The molecule has 0 fully saturated rings. The predicted octanol–water partition coefficient (Wildman–Crippen LogP) is 3.13. The Morgan fingerprint density at radius 1 is 1.10 bits per heavy atom. The van der Waals surface area contributed by atoms with Crippen LogP contribution in [0.4, 0.5) is 4.39 Å². The van der Waals surface area contributed by atoms with Crippen molar-refractivity contribution in [1.29, 1.82) is 0 Å². The number of hydrogen-bond acceptors (Lipinski definition) is 3. The molecule has 0 aromatic heterocycles. The number of benzene rings is 2. The topological polar surface area (TPSA) is 30.5 Å². The van der Waals surface area contributed by atoms with E-state index in [1.807, 2.05) is 37.4 Å². The van der Waals surface area contributed by atoms with E-state index < -0.39 is 0 Å². The van der Waals surface area contributed by atoms with Gasteiger partial charge < -0.3 is 14.8 Å². The Hall–Kier alpha value is -2.07. The van der Waals surface area contributed by atoms with Gasteiger partial charge in [-0.15, -0.1) is 0 Å². The molecule has 0 atom stereocenters. The van der Waals surface area contributed by atoms with E-state index in [2.05, 4.69) is 5.32 Å². The van der Waals surface area contributed by atoms with Crippen molar-refractivity contribution in [2.45, 2.75) is 13.2 Å². The summed E-state index contributed by atoms with van der Waals surface area (Å²) in [4.78, 5) is 0. The van der Waals surface area contributed by atoms with Gasteiger partial charge in [0, 0.05) is 12.1 Å². The maximum atomic E-state index is 13.8. The molecule has 0 heterocycles. The van der Waals surface area contributed by atoms with Crippen LogP contribution in [-0.4, -0.2) is 14.2 Å². The van der Waals surface area contributed by atoms with E-state index in [0.29, 0.717) is 18.9 Å². The second kappa shape index (κ2) is 6.91. The Balaban J connectivity index is 2.09. The highest BCUT2D eigenvalue weighted by molar-refractivity contribution is 5.35. The van der Waals surface area contributed by atoms with E-state index in [-0.39, 0.29) is 5.82 Å². The van der Waals surface area contributed by atoms with E-state index in [4.69, 9.17) is 9.47 Å². The molecule has 2 rings (SSSR count). The minimum absolute atomic E-state index is 0.303. The third-order valence-electron chi connectivity index (χ3n) is 2.96. The molecule has 0 radical (unpaired) electrons. The Kier molecular flexibility index (Phi) is 4.96. The second-order valence-electron chi connectivity index (χ2n) is 4.40. The van der Waals surface area contributed by atoms with Crippen LogP contribution >= 0.6 is 0 Å². The molecule has 20 heavy (non-hydrogen) atoms. The third kappa shape index (κ3) is 3.48. The summed E-state index contributed by atoms with van der Waals surface area (Å²) in [6.45, 7) is 0.886. The summed E-state index contributed by atoms with van der Waals surface area (Å²) in [6.07, 6.45) is 0. The zero-order chi connectivity index (χ0) is 14.4. The predicted molar refractivity (Wildman–Crippen MR) is 76.5 cm³/mol. The van der Waals surface area contributed by atoms with Crippen LogP contribution in [0.25, 0.3) is 0 Å². The van der Waals surface area contributed by atoms with E-state index >= 15 is 0 Å². The quantitative estimate of drug-likeness (QED) is 0.878. The van der Waals surface area contributed by atoms with E-state index in [1.165, 1.54) is 6.07 Å². The molecule has 0 saturated carbocycles. The molecule has 0 saturated heterocycles. The maximum absolute atomic E-state index is 13.8. The molecule has 1 N–H and O–H groups in total. The summed E-state index contributed by atoms with van der Waals surface area (Å²) in [7, 11) is 3.44. The first-order valence-corrected chi connectivity index (χ1v) is 6.42.